The standard InChI is InChI=1S/C15H13BrClF2N/c1-9(10-4-2-3-5-13(10)17)20-8-11-14(18)7-6-12(16)15(11)19/h2-7,9,20H,8H2,1H3/t9-/m1/s1. The molecular weight excluding hydrogens is 348 g/mol. The lowest BCUT2D eigenvalue weighted by atomic mass is 10.1. The van der Waals surface area contributed by atoms with Gasteiger partial charge in [0.05, 0.1) is 4.47 Å². The largest absolute Gasteiger partial charge is 0.306 e. The second-order valence-electron chi connectivity index (χ2n) is 4.45. The van der Waals surface area contributed by atoms with Crippen LogP contribution < -0.4 is 5.32 Å². The second kappa shape index (κ2) is 6.66. The highest BCUT2D eigenvalue weighted by molar-refractivity contribution is 9.10. The van der Waals surface area contributed by atoms with Crippen LogP contribution in [0.15, 0.2) is 40.9 Å². The van der Waals surface area contributed by atoms with Gasteiger partial charge in [-0.05, 0) is 46.6 Å². The maximum atomic E-state index is 13.8. The molecular formula is C15H13BrClF2N. The molecule has 0 saturated heterocycles. The van der Waals surface area contributed by atoms with Crippen LogP contribution in [-0.4, -0.2) is 0 Å². The SMILES string of the molecule is C[C@@H](NCc1c(F)ccc(Br)c1F)c1ccccc1Cl. The van der Waals surface area contributed by atoms with E-state index in [0.29, 0.717) is 5.02 Å². The van der Waals surface area contributed by atoms with Gasteiger partial charge in [0, 0.05) is 23.2 Å². The van der Waals surface area contributed by atoms with Crippen LogP contribution in [0, 0.1) is 11.6 Å². The molecule has 0 bridgehead atoms. The highest BCUT2D eigenvalue weighted by Gasteiger charge is 2.14. The van der Waals surface area contributed by atoms with Gasteiger partial charge in [-0.1, -0.05) is 29.8 Å². The van der Waals surface area contributed by atoms with Crippen LogP contribution in [0.1, 0.15) is 24.1 Å². The Balaban J connectivity index is 2.14. The van der Waals surface area contributed by atoms with Gasteiger partial charge in [0.25, 0.3) is 0 Å². The van der Waals surface area contributed by atoms with E-state index in [1.165, 1.54) is 12.1 Å². The number of hydrogen-bond acceptors (Lipinski definition) is 1. The van der Waals surface area contributed by atoms with Gasteiger partial charge in [-0.15, -0.1) is 0 Å². The minimum absolute atomic E-state index is 0.0123. The number of benzene rings is 2. The van der Waals surface area contributed by atoms with E-state index < -0.39 is 11.6 Å². The van der Waals surface area contributed by atoms with E-state index in [0.717, 1.165) is 5.56 Å². The van der Waals surface area contributed by atoms with Crippen molar-refractivity contribution in [3.05, 3.63) is 68.7 Å². The van der Waals surface area contributed by atoms with Gasteiger partial charge in [-0.3, -0.25) is 0 Å². The molecule has 0 aliphatic heterocycles. The normalized spacial score (nSPS) is 12.4. The molecule has 0 spiro atoms. The first-order chi connectivity index (χ1) is 9.50. The number of nitrogens with one attached hydrogen (secondary N) is 1. The zero-order chi connectivity index (χ0) is 14.7. The lowest BCUT2D eigenvalue weighted by Crippen LogP contribution is -2.20. The Morgan fingerprint density at radius 2 is 1.90 bits per heavy atom. The molecule has 0 aliphatic carbocycles. The summed E-state index contributed by atoms with van der Waals surface area (Å²) in [6.07, 6.45) is 0. The van der Waals surface area contributed by atoms with Crippen LogP contribution in [0.5, 0.6) is 0 Å². The Morgan fingerprint density at radius 1 is 1.20 bits per heavy atom. The Hall–Kier alpha value is -0.970. The average molecular weight is 361 g/mol. The Morgan fingerprint density at radius 3 is 2.60 bits per heavy atom. The zero-order valence-corrected chi connectivity index (χ0v) is 13.1. The molecule has 2 rings (SSSR count). The molecule has 0 heterocycles. The summed E-state index contributed by atoms with van der Waals surface area (Å²) < 4.78 is 27.7. The summed E-state index contributed by atoms with van der Waals surface area (Å²) in [4.78, 5) is 0. The number of hydrogen-bond donors (Lipinski definition) is 1. The maximum Gasteiger partial charge on any atom is 0.144 e. The first-order valence-corrected chi connectivity index (χ1v) is 7.28. The van der Waals surface area contributed by atoms with Crippen molar-refractivity contribution < 1.29 is 8.78 Å². The smallest absolute Gasteiger partial charge is 0.144 e. The molecule has 0 amide bonds. The van der Waals surface area contributed by atoms with Crippen molar-refractivity contribution in [1.82, 2.24) is 5.32 Å². The molecule has 20 heavy (non-hydrogen) atoms. The zero-order valence-electron chi connectivity index (χ0n) is 10.8. The molecule has 0 aliphatic rings. The van der Waals surface area contributed by atoms with Gasteiger partial charge < -0.3 is 5.32 Å². The van der Waals surface area contributed by atoms with Crippen LogP contribution in [0.25, 0.3) is 0 Å². The average Bonchev–Trinajstić information content (AvgIpc) is 2.43. The third-order valence-electron chi connectivity index (χ3n) is 3.10. The van der Waals surface area contributed by atoms with Crippen molar-refractivity contribution in [2.45, 2.75) is 19.5 Å². The third kappa shape index (κ3) is 3.37. The van der Waals surface area contributed by atoms with Crippen molar-refractivity contribution in [3.8, 4) is 0 Å². The molecule has 0 unspecified atom stereocenters. The summed E-state index contributed by atoms with van der Waals surface area (Å²) >= 11 is 9.15. The fraction of sp³-hybridized carbons (Fsp3) is 0.200. The Labute approximate surface area is 130 Å². The molecule has 106 valence electrons. The summed E-state index contributed by atoms with van der Waals surface area (Å²) in [5.41, 5.74) is 0.906. The van der Waals surface area contributed by atoms with Crippen LogP contribution in [0.2, 0.25) is 5.02 Å². The van der Waals surface area contributed by atoms with E-state index in [-0.39, 0.29) is 22.6 Å². The first kappa shape index (κ1) is 15.4. The molecule has 0 fully saturated rings. The van der Waals surface area contributed by atoms with E-state index in [4.69, 9.17) is 11.6 Å². The molecule has 1 atom stereocenters. The van der Waals surface area contributed by atoms with Gasteiger partial charge >= 0.3 is 0 Å². The van der Waals surface area contributed by atoms with Crippen molar-refractivity contribution in [3.63, 3.8) is 0 Å². The highest BCUT2D eigenvalue weighted by atomic mass is 79.9. The van der Waals surface area contributed by atoms with E-state index in [9.17, 15) is 8.78 Å². The van der Waals surface area contributed by atoms with Crippen molar-refractivity contribution >= 4 is 27.5 Å². The summed E-state index contributed by atoms with van der Waals surface area (Å²) in [6.45, 7) is 1.98. The van der Waals surface area contributed by atoms with Crippen LogP contribution in [-0.2, 0) is 6.54 Å². The van der Waals surface area contributed by atoms with E-state index in [1.54, 1.807) is 6.07 Å². The molecule has 1 nitrogen and oxygen atoms in total. The minimum atomic E-state index is -0.580. The monoisotopic (exact) mass is 359 g/mol. The molecule has 5 heteroatoms. The lowest BCUT2D eigenvalue weighted by molar-refractivity contribution is 0.507. The fourth-order valence-electron chi connectivity index (χ4n) is 1.92. The summed E-state index contributed by atoms with van der Waals surface area (Å²) in [5.74, 6) is -1.14. The molecule has 1 N–H and O–H groups in total. The molecule has 2 aromatic carbocycles. The van der Waals surface area contributed by atoms with Crippen LogP contribution in [0.3, 0.4) is 0 Å². The van der Waals surface area contributed by atoms with Gasteiger partial charge in [0.2, 0.25) is 0 Å². The quantitative estimate of drug-likeness (QED) is 0.736. The van der Waals surface area contributed by atoms with Crippen LogP contribution in [0.4, 0.5) is 8.78 Å². The Bertz CT molecular complexity index is 619. The summed E-state index contributed by atoms with van der Waals surface area (Å²) in [7, 11) is 0. The first-order valence-electron chi connectivity index (χ1n) is 6.11. The van der Waals surface area contributed by atoms with Crippen molar-refractivity contribution in [2.24, 2.45) is 0 Å². The van der Waals surface area contributed by atoms with E-state index >= 15 is 0 Å². The van der Waals surface area contributed by atoms with E-state index in [2.05, 4.69) is 21.2 Å². The van der Waals surface area contributed by atoms with Gasteiger partial charge in [-0.25, -0.2) is 8.78 Å². The van der Waals surface area contributed by atoms with Gasteiger partial charge in [-0.2, -0.15) is 0 Å². The topological polar surface area (TPSA) is 12.0 Å². The number of rotatable bonds is 4. The van der Waals surface area contributed by atoms with Crippen molar-refractivity contribution in [1.29, 1.82) is 0 Å². The predicted molar refractivity (Wildman–Crippen MR) is 80.8 cm³/mol. The molecule has 2 aromatic rings. The predicted octanol–water partition coefficient (Wildman–Crippen LogP) is 5.23. The summed E-state index contributed by atoms with van der Waals surface area (Å²) in [6, 6.07) is 9.87. The fourth-order valence-corrected chi connectivity index (χ4v) is 2.59. The second-order valence-corrected chi connectivity index (χ2v) is 5.71. The highest BCUT2D eigenvalue weighted by Crippen LogP contribution is 2.25. The third-order valence-corrected chi connectivity index (χ3v) is 4.05. The van der Waals surface area contributed by atoms with Crippen LogP contribution >= 0.6 is 27.5 Å². The summed E-state index contributed by atoms with van der Waals surface area (Å²) in [5, 5.41) is 3.71. The molecule has 0 radical (unpaired) electrons. The minimum Gasteiger partial charge on any atom is -0.306 e. The van der Waals surface area contributed by atoms with Gasteiger partial charge in [0.1, 0.15) is 11.6 Å². The maximum absolute atomic E-state index is 13.8. The number of halogens is 4. The Kier molecular flexibility index (Phi) is 5.13. The van der Waals surface area contributed by atoms with E-state index in [1.807, 2.05) is 25.1 Å². The van der Waals surface area contributed by atoms with Crippen molar-refractivity contribution in [2.75, 3.05) is 0 Å². The lowest BCUT2D eigenvalue weighted by Gasteiger charge is -2.16. The van der Waals surface area contributed by atoms with Gasteiger partial charge in [0.15, 0.2) is 0 Å². The molecule has 0 saturated carbocycles. The molecule has 0 aromatic heterocycles.